The zero-order chi connectivity index (χ0) is 14.8. The van der Waals surface area contributed by atoms with Crippen LogP contribution in [0.5, 0.6) is 0 Å². The van der Waals surface area contributed by atoms with E-state index in [1.165, 1.54) is 11.3 Å². The number of hydrogen-bond acceptors (Lipinski definition) is 4. The highest BCUT2D eigenvalue weighted by Gasteiger charge is 2.12. The van der Waals surface area contributed by atoms with E-state index in [9.17, 15) is 13.2 Å². The summed E-state index contributed by atoms with van der Waals surface area (Å²) in [4.78, 5) is 12.7. The molecule has 0 amide bonds. The molecule has 1 N–H and O–H groups in total. The summed E-state index contributed by atoms with van der Waals surface area (Å²) in [5.41, 5.74) is 0.926. The predicted octanol–water partition coefficient (Wildman–Crippen LogP) is 3.39. The third-order valence-electron chi connectivity index (χ3n) is 2.60. The first-order valence-corrected chi connectivity index (χ1v) is 8.66. The normalized spacial score (nSPS) is 11.3. The predicted molar refractivity (Wildman–Crippen MR) is 82.3 cm³/mol. The average Bonchev–Trinajstić information content (AvgIpc) is 2.85. The first-order valence-electron chi connectivity index (χ1n) is 5.82. The maximum atomic E-state index is 12.1. The summed E-state index contributed by atoms with van der Waals surface area (Å²) in [7, 11) is -3.30. The van der Waals surface area contributed by atoms with Gasteiger partial charge in [0.1, 0.15) is 0 Å². The van der Waals surface area contributed by atoms with Crippen LogP contribution in [0.1, 0.15) is 22.2 Å². The van der Waals surface area contributed by atoms with Crippen molar-refractivity contribution in [2.24, 2.45) is 0 Å². The summed E-state index contributed by atoms with van der Waals surface area (Å²) in [6, 6.07) is 9.64. The highest BCUT2D eigenvalue weighted by atomic mass is 35.5. The first-order chi connectivity index (χ1) is 9.41. The van der Waals surface area contributed by atoms with Crippen LogP contribution in [0, 0.1) is 0 Å². The Kier molecular flexibility index (Phi) is 4.47. The van der Waals surface area contributed by atoms with Crippen LogP contribution in [-0.4, -0.2) is 20.0 Å². The average molecular weight is 330 g/mol. The second-order valence-corrected chi connectivity index (χ2v) is 7.74. The molecule has 0 unspecified atom stereocenters. The van der Waals surface area contributed by atoms with Gasteiger partial charge in [-0.3, -0.25) is 9.52 Å². The van der Waals surface area contributed by atoms with Crippen molar-refractivity contribution in [2.75, 3.05) is 10.5 Å². The molecular formula is C13H12ClNO3S2. The SMILES string of the molecule is CCS(=O)(=O)Nc1ccc(C(=O)c2ccc(Cl)s2)cc1. The second-order valence-electron chi connectivity index (χ2n) is 4.02. The van der Waals surface area contributed by atoms with E-state index >= 15 is 0 Å². The molecule has 0 aliphatic heterocycles. The summed E-state index contributed by atoms with van der Waals surface area (Å²) in [6.07, 6.45) is 0. The summed E-state index contributed by atoms with van der Waals surface area (Å²) in [5, 5.41) is 0. The molecule has 7 heteroatoms. The van der Waals surface area contributed by atoms with Crippen molar-refractivity contribution in [2.45, 2.75) is 6.92 Å². The van der Waals surface area contributed by atoms with E-state index in [-0.39, 0.29) is 11.5 Å². The van der Waals surface area contributed by atoms with Crippen LogP contribution in [0.4, 0.5) is 5.69 Å². The summed E-state index contributed by atoms with van der Waals surface area (Å²) >= 11 is 7.01. The molecule has 20 heavy (non-hydrogen) atoms. The Morgan fingerprint density at radius 1 is 1.20 bits per heavy atom. The van der Waals surface area contributed by atoms with Crippen LogP contribution in [-0.2, 0) is 10.0 Å². The molecule has 0 aliphatic carbocycles. The minimum Gasteiger partial charge on any atom is -0.288 e. The van der Waals surface area contributed by atoms with Crippen molar-refractivity contribution in [1.29, 1.82) is 0 Å². The number of rotatable bonds is 5. The molecule has 2 aromatic rings. The Balaban J connectivity index is 2.18. The lowest BCUT2D eigenvalue weighted by Crippen LogP contribution is -2.14. The first kappa shape index (κ1) is 15.0. The number of nitrogens with one attached hydrogen (secondary N) is 1. The number of benzene rings is 1. The van der Waals surface area contributed by atoms with Gasteiger partial charge in [0.15, 0.2) is 0 Å². The molecule has 0 saturated carbocycles. The van der Waals surface area contributed by atoms with E-state index in [0.29, 0.717) is 20.5 Å². The highest BCUT2D eigenvalue weighted by Crippen LogP contribution is 2.24. The van der Waals surface area contributed by atoms with Gasteiger partial charge in [0.05, 0.1) is 15.0 Å². The Bertz CT molecular complexity index is 720. The van der Waals surface area contributed by atoms with Crippen LogP contribution in [0.3, 0.4) is 0 Å². The van der Waals surface area contributed by atoms with Crippen LogP contribution < -0.4 is 4.72 Å². The van der Waals surface area contributed by atoms with Gasteiger partial charge in [-0.05, 0) is 43.3 Å². The topological polar surface area (TPSA) is 63.2 Å². The van der Waals surface area contributed by atoms with Crippen molar-refractivity contribution < 1.29 is 13.2 Å². The Morgan fingerprint density at radius 3 is 2.35 bits per heavy atom. The number of thiophene rings is 1. The number of carbonyl (C=O) groups is 1. The maximum absolute atomic E-state index is 12.1. The van der Waals surface area contributed by atoms with E-state index in [4.69, 9.17) is 11.6 Å². The molecule has 1 aromatic heterocycles. The fourth-order valence-electron chi connectivity index (χ4n) is 1.52. The number of halogens is 1. The molecule has 1 heterocycles. The van der Waals surface area contributed by atoms with Crippen LogP contribution in [0.2, 0.25) is 4.34 Å². The molecule has 0 bridgehead atoms. The van der Waals surface area contributed by atoms with Gasteiger partial charge in [0.2, 0.25) is 15.8 Å². The molecule has 106 valence electrons. The van der Waals surface area contributed by atoms with Gasteiger partial charge in [-0.1, -0.05) is 11.6 Å². The minimum absolute atomic E-state index is 0.00137. The summed E-state index contributed by atoms with van der Waals surface area (Å²) in [6.45, 7) is 1.56. The van der Waals surface area contributed by atoms with Crippen LogP contribution in [0.15, 0.2) is 36.4 Å². The monoisotopic (exact) mass is 329 g/mol. The lowest BCUT2D eigenvalue weighted by Gasteiger charge is -2.06. The molecule has 0 atom stereocenters. The minimum atomic E-state index is -3.30. The van der Waals surface area contributed by atoms with Gasteiger partial charge in [-0.2, -0.15) is 0 Å². The molecular weight excluding hydrogens is 318 g/mol. The largest absolute Gasteiger partial charge is 0.288 e. The van der Waals surface area contributed by atoms with Crippen molar-refractivity contribution >= 4 is 44.4 Å². The second kappa shape index (κ2) is 5.95. The van der Waals surface area contributed by atoms with Gasteiger partial charge in [0.25, 0.3) is 0 Å². The zero-order valence-corrected chi connectivity index (χ0v) is 13.0. The Morgan fingerprint density at radius 2 is 1.85 bits per heavy atom. The number of hydrogen-bond donors (Lipinski definition) is 1. The molecule has 2 rings (SSSR count). The van der Waals surface area contributed by atoms with E-state index < -0.39 is 10.0 Å². The molecule has 0 fully saturated rings. The molecule has 4 nitrogen and oxygen atoms in total. The van der Waals surface area contributed by atoms with Crippen molar-refractivity contribution in [3.05, 3.63) is 51.2 Å². The zero-order valence-electron chi connectivity index (χ0n) is 10.6. The fraction of sp³-hybridized carbons (Fsp3) is 0.154. The number of ketones is 1. The fourth-order valence-corrected chi connectivity index (χ4v) is 3.16. The van der Waals surface area contributed by atoms with E-state index in [1.54, 1.807) is 43.3 Å². The third kappa shape index (κ3) is 3.59. The number of anilines is 1. The lowest BCUT2D eigenvalue weighted by molar-refractivity contribution is 0.104. The van der Waals surface area contributed by atoms with Gasteiger partial charge in [0, 0.05) is 11.3 Å². The maximum Gasteiger partial charge on any atom is 0.232 e. The lowest BCUT2D eigenvalue weighted by atomic mass is 10.1. The smallest absolute Gasteiger partial charge is 0.232 e. The van der Waals surface area contributed by atoms with Gasteiger partial charge in [-0.15, -0.1) is 11.3 Å². The Hall–Kier alpha value is -1.37. The van der Waals surface area contributed by atoms with Gasteiger partial charge in [-0.25, -0.2) is 8.42 Å². The van der Waals surface area contributed by atoms with Gasteiger partial charge < -0.3 is 0 Å². The summed E-state index contributed by atoms with van der Waals surface area (Å²) in [5.74, 6) is -0.131. The van der Waals surface area contributed by atoms with Crippen molar-refractivity contribution in [3.63, 3.8) is 0 Å². The molecule has 0 spiro atoms. The number of carbonyl (C=O) groups excluding carboxylic acids is 1. The molecule has 0 radical (unpaired) electrons. The number of sulfonamides is 1. The molecule has 0 aliphatic rings. The Labute approximate surface area is 126 Å². The highest BCUT2D eigenvalue weighted by molar-refractivity contribution is 7.92. The van der Waals surface area contributed by atoms with Crippen LogP contribution in [0.25, 0.3) is 0 Å². The third-order valence-corrected chi connectivity index (χ3v) is 5.13. The van der Waals surface area contributed by atoms with E-state index in [0.717, 1.165) is 0 Å². The van der Waals surface area contributed by atoms with Crippen molar-refractivity contribution in [3.8, 4) is 0 Å². The molecule has 0 saturated heterocycles. The van der Waals surface area contributed by atoms with E-state index in [2.05, 4.69) is 4.72 Å². The van der Waals surface area contributed by atoms with Crippen molar-refractivity contribution in [1.82, 2.24) is 0 Å². The molecule has 1 aromatic carbocycles. The van der Waals surface area contributed by atoms with Crippen LogP contribution >= 0.6 is 22.9 Å². The standard InChI is InChI=1S/C13H12ClNO3S2/c1-2-20(17,18)15-10-5-3-9(4-6-10)13(16)11-7-8-12(14)19-11/h3-8,15H,2H2,1H3. The summed E-state index contributed by atoms with van der Waals surface area (Å²) < 4.78 is 25.8. The quantitative estimate of drug-likeness (QED) is 0.855. The van der Waals surface area contributed by atoms with E-state index in [1.807, 2.05) is 0 Å². The van der Waals surface area contributed by atoms with Gasteiger partial charge >= 0.3 is 0 Å².